The van der Waals surface area contributed by atoms with E-state index in [0.717, 1.165) is 12.8 Å². The number of hydrogen-bond donors (Lipinski definition) is 2. The molecule has 1 atom stereocenters. The van der Waals surface area contributed by atoms with Crippen LogP contribution in [0, 0.1) is 0 Å². The molecule has 0 aromatic heterocycles. The van der Waals surface area contributed by atoms with Crippen molar-refractivity contribution >= 4 is 40.7 Å². The molecule has 0 aliphatic carbocycles. The van der Waals surface area contributed by atoms with E-state index in [4.69, 9.17) is 27.9 Å². The summed E-state index contributed by atoms with van der Waals surface area (Å²) in [6, 6.07) is 4.60. The summed E-state index contributed by atoms with van der Waals surface area (Å²) < 4.78 is 5.35. The summed E-state index contributed by atoms with van der Waals surface area (Å²) >= 11 is 11.7. The van der Waals surface area contributed by atoms with Crippen LogP contribution in [0.3, 0.4) is 0 Å². The molecule has 5 nitrogen and oxygen atoms in total. The van der Waals surface area contributed by atoms with Gasteiger partial charge in [-0.05, 0) is 31.0 Å². The number of carbonyl (C=O) groups excluding carboxylic acids is 2. The second kappa shape index (κ2) is 6.92. The molecule has 0 bridgehead atoms. The van der Waals surface area contributed by atoms with E-state index in [-0.39, 0.29) is 11.1 Å². The third kappa shape index (κ3) is 4.10. The zero-order valence-corrected chi connectivity index (χ0v) is 12.1. The minimum Gasteiger partial charge on any atom is -0.376 e. The maximum absolute atomic E-state index is 11.7. The van der Waals surface area contributed by atoms with E-state index in [2.05, 4.69) is 10.6 Å². The summed E-state index contributed by atoms with van der Waals surface area (Å²) in [6.45, 7) is 1.04. The van der Waals surface area contributed by atoms with Gasteiger partial charge in [-0.25, -0.2) is 0 Å². The third-order valence-electron chi connectivity index (χ3n) is 2.90. The van der Waals surface area contributed by atoms with Crippen LogP contribution in [-0.2, 0) is 14.3 Å². The Hall–Kier alpha value is -1.30. The third-order valence-corrected chi connectivity index (χ3v) is 3.45. The second-order valence-corrected chi connectivity index (χ2v) is 5.27. The van der Waals surface area contributed by atoms with E-state index in [1.54, 1.807) is 6.07 Å². The Kier molecular flexibility index (Phi) is 5.23. The zero-order valence-electron chi connectivity index (χ0n) is 10.6. The van der Waals surface area contributed by atoms with Crippen molar-refractivity contribution in [2.45, 2.75) is 18.9 Å². The van der Waals surface area contributed by atoms with Gasteiger partial charge in [0.25, 0.3) is 0 Å². The molecule has 1 fully saturated rings. The van der Waals surface area contributed by atoms with Crippen molar-refractivity contribution in [3.8, 4) is 0 Å². The summed E-state index contributed by atoms with van der Waals surface area (Å²) in [5.41, 5.74) is 0.341. The average molecular weight is 317 g/mol. The molecule has 1 aromatic carbocycles. The Bertz CT molecular complexity index is 516. The van der Waals surface area contributed by atoms with Gasteiger partial charge in [0.2, 0.25) is 0 Å². The largest absolute Gasteiger partial charge is 0.376 e. The van der Waals surface area contributed by atoms with E-state index >= 15 is 0 Å². The summed E-state index contributed by atoms with van der Waals surface area (Å²) in [4.78, 5) is 23.3. The van der Waals surface area contributed by atoms with Crippen LogP contribution < -0.4 is 10.6 Å². The number of nitrogens with one attached hydrogen (secondary N) is 2. The van der Waals surface area contributed by atoms with Crippen LogP contribution in [-0.4, -0.2) is 31.1 Å². The summed E-state index contributed by atoms with van der Waals surface area (Å²) in [7, 11) is 0. The topological polar surface area (TPSA) is 67.4 Å². The van der Waals surface area contributed by atoms with Gasteiger partial charge in [-0.1, -0.05) is 23.2 Å². The van der Waals surface area contributed by atoms with Gasteiger partial charge in [-0.15, -0.1) is 0 Å². The van der Waals surface area contributed by atoms with Crippen molar-refractivity contribution in [2.24, 2.45) is 0 Å². The quantitative estimate of drug-likeness (QED) is 0.840. The molecular weight excluding hydrogens is 303 g/mol. The van der Waals surface area contributed by atoms with Gasteiger partial charge in [0.15, 0.2) is 0 Å². The lowest BCUT2D eigenvalue weighted by Crippen LogP contribution is -2.39. The number of benzene rings is 1. The van der Waals surface area contributed by atoms with Crippen LogP contribution in [0.25, 0.3) is 0 Å². The van der Waals surface area contributed by atoms with Crippen molar-refractivity contribution < 1.29 is 14.3 Å². The van der Waals surface area contributed by atoms with Crippen LogP contribution in [0.5, 0.6) is 0 Å². The highest BCUT2D eigenvalue weighted by atomic mass is 35.5. The molecule has 1 aliphatic heterocycles. The minimum absolute atomic E-state index is 0.00845. The number of amides is 2. The number of hydrogen-bond acceptors (Lipinski definition) is 3. The highest BCUT2D eigenvalue weighted by Crippen LogP contribution is 2.25. The first-order valence-electron chi connectivity index (χ1n) is 6.22. The fourth-order valence-electron chi connectivity index (χ4n) is 1.86. The predicted molar refractivity (Wildman–Crippen MR) is 77.1 cm³/mol. The Balaban J connectivity index is 1.85. The summed E-state index contributed by atoms with van der Waals surface area (Å²) in [6.07, 6.45) is 1.86. The summed E-state index contributed by atoms with van der Waals surface area (Å²) in [5.74, 6) is -1.49. The van der Waals surface area contributed by atoms with Crippen LogP contribution in [0.15, 0.2) is 18.2 Å². The van der Waals surface area contributed by atoms with Crippen LogP contribution in [0.4, 0.5) is 5.69 Å². The lowest BCUT2D eigenvalue weighted by Gasteiger charge is -2.11. The molecule has 1 aliphatic rings. The maximum Gasteiger partial charge on any atom is 0.313 e. The predicted octanol–water partition coefficient (Wildman–Crippen LogP) is 2.23. The van der Waals surface area contributed by atoms with Crippen molar-refractivity contribution in [3.05, 3.63) is 28.2 Å². The van der Waals surface area contributed by atoms with Crippen molar-refractivity contribution in [3.63, 3.8) is 0 Å². The molecule has 1 unspecified atom stereocenters. The van der Waals surface area contributed by atoms with E-state index in [1.165, 1.54) is 12.1 Å². The van der Waals surface area contributed by atoms with Gasteiger partial charge < -0.3 is 15.4 Å². The normalized spacial score (nSPS) is 17.8. The van der Waals surface area contributed by atoms with Gasteiger partial charge in [0.05, 0.1) is 16.8 Å². The van der Waals surface area contributed by atoms with Gasteiger partial charge in [-0.2, -0.15) is 0 Å². The summed E-state index contributed by atoms with van der Waals surface area (Å²) in [5, 5.41) is 5.69. The van der Waals surface area contributed by atoms with Crippen molar-refractivity contribution in [1.29, 1.82) is 0 Å². The van der Waals surface area contributed by atoms with Crippen LogP contribution in [0.1, 0.15) is 12.8 Å². The van der Waals surface area contributed by atoms with Crippen LogP contribution in [0.2, 0.25) is 10.0 Å². The van der Waals surface area contributed by atoms with Gasteiger partial charge in [-0.3, -0.25) is 9.59 Å². The molecule has 2 amide bonds. The molecule has 1 aromatic rings. The molecule has 2 rings (SSSR count). The van der Waals surface area contributed by atoms with E-state index < -0.39 is 11.8 Å². The minimum atomic E-state index is -0.771. The molecule has 0 spiro atoms. The highest BCUT2D eigenvalue weighted by molar-refractivity contribution is 6.42. The molecule has 7 heteroatoms. The standard InChI is InChI=1S/C13H14Cl2N2O3/c14-8-3-4-11(10(15)6-8)17-13(19)12(18)16-7-9-2-1-5-20-9/h3-4,6,9H,1-2,5,7H2,(H,16,18)(H,17,19). The first-order chi connectivity index (χ1) is 9.56. The van der Waals surface area contributed by atoms with E-state index in [0.29, 0.717) is 23.9 Å². The lowest BCUT2D eigenvalue weighted by atomic mass is 10.2. The molecule has 1 heterocycles. The Morgan fingerprint density at radius 1 is 1.30 bits per heavy atom. The molecule has 1 saturated heterocycles. The van der Waals surface area contributed by atoms with Crippen molar-refractivity contribution in [2.75, 3.05) is 18.5 Å². The molecule has 0 radical (unpaired) electrons. The molecule has 20 heavy (non-hydrogen) atoms. The molecule has 2 N–H and O–H groups in total. The average Bonchev–Trinajstić information content (AvgIpc) is 2.92. The zero-order chi connectivity index (χ0) is 14.5. The molecule has 0 saturated carbocycles. The number of halogens is 2. The van der Waals surface area contributed by atoms with E-state index in [9.17, 15) is 9.59 Å². The first kappa shape index (κ1) is 15.1. The smallest absolute Gasteiger partial charge is 0.313 e. The van der Waals surface area contributed by atoms with Gasteiger partial charge in [0, 0.05) is 18.2 Å². The maximum atomic E-state index is 11.7. The second-order valence-electron chi connectivity index (χ2n) is 4.42. The van der Waals surface area contributed by atoms with Crippen molar-refractivity contribution in [1.82, 2.24) is 5.32 Å². The van der Waals surface area contributed by atoms with Gasteiger partial charge in [0.1, 0.15) is 0 Å². The number of carbonyl (C=O) groups is 2. The lowest BCUT2D eigenvalue weighted by molar-refractivity contribution is -0.136. The number of rotatable bonds is 3. The fraction of sp³-hybridized carbons (Fsp3) is 0.385. The first-order valence-corrected chi connectivity index (χ1v) is 6.97. The highest BCUT2D eigenvalue weighted by Gasteiger charge is 2.19. The monoisotopic (exact) mass is 316 g/mol. The van der Waals surface area contributed by atoms with Gasteiger partial charge >= 0.3 is 11.8 Å². The number of anilines is 1. The van der Waals surface area contributed by atoms with Crippen LogP contribution >= 0.6 is 23.2 Å². The molecule has 108 valence electrons. The number of ether oxygens (including phenoxy) is 1. The van der Waals surface area contributed by atoms with E-state index in [1.807, 2.05) is 0 Å². The molecular formula is C13H14Cl2N2O3. The Morgan fingerprint density at radius 3 is 2.75 bits per heavy atom. The SMILES string of the molecule is O=C(NCC1CCCO1)C(=O)Nc1ccc(Cl)cc1Cl. The Morgan fingerprint density at radius 2 is 2.10 bits per heavy atom. The fourth-order valence-corrected chi connectivity index (χ4v) is 2.32. The Labute approximate surface area is 126 Å².